The average Bonchev–Trinajstić information content (AvgIpc) is 3.19. The standard InChI is InChI=1S/C36H60O3Si2/c1-26(16-15-23-37)31-20-21-32-28(17-14-22-36(31,32)9)18-19-29-24-30(38-40(10,11)34(3,4)5)25-33(27(29)2)39-41(12,13)35(6,7)8/h18-19,23,26,30-33H,2,14,17,20-22,24-25H2,1,3-13H3/t26-,30-,31-,32+,33+,36-/m1/s1. The van der Waals surface area contributed by atoms with E-state index in [4.69, 9.17) is 8.85 Å². The summed E-state index contributed by atoms with van der Waals surface area (Å²) in [5.74, 6) is 7.32. The molecule has 41 heavy (non-hydrogen) atoms. The fraction of sp³-hybridized carbons (Fsp3) is 0.750. The summed E-state index contributed by atoms with van der Waals surface area (Å²) in [5.41, 5.74) is 4.31. The lowest BCUT2D eigenvalue weighted by Crippen LogP contribution is -2.49. The van der Waals surface area contributed by atoms with Gasteiger partial charge in [-0.1, -0.05) is 85.6 Å². The molecule has 0 aromatic heterocycles. The van der Waals surface area contributed by atoms with Crippen LogP contribution in [0.1, 0.15) is 100 Å². The van der Waals surface area contributed by atoms with Gasteiger partial charge in [0.1, 0.15) is 0 Å². The van der Waals surface area contributed by atoms with Crippen molar-refractivity contribution in [3.8, 4) is 11.8 Å². The van der Waals surface area contributed by atoms with Gasteiger partial charge in [0.2, 0.25) is 0 Å². The van der Waals surface area contributed by atoms with Crippen LogP contribution in [0.15, 0.2) is 35.5 Å². The zero-order valence-electron chi connectivity index (χ0n) is 28.5. The molecule has 0 aromatic rings. The van der Waals surface area contributed by atoms with Crippen molar-refractivity contribution in [2.45, 2.75) is 149 Å². The predicted molar refractivity (Wildman–Crippen MR) is 180 cm³/mol. The van der Waals surface area contributed by atoms with Gasteiger partial charge in [-0.3, -0.25) is 4.79 Å². The molecule has 5 heteroatoms. The molecule has 0 saturated heterocycles. The van der Waals surface area contributed by atoms with E-state index in [1.165, 1.54) is 37.7 Å². The molecule has 0 spiro atoms. The van der Waals surface area contributed by atoms with Gasteiger partial charge in [0, 0.05) is 12.3 Å². The molecular weight excluding hydrogens is 537 g/mol. The lowest BCUT2D eigenvalue weighted by molar-refractivity contribution is -0.103. The van der Waals surface area contributed by atoms with E-state index in [0.717, 1.165) is 24.7 Å². The fourth-order valence-corrected chi connectivity index (χ4v) is 9.80. The van der Waals surface area contributed by atoms with Crippen molar-refractivity contribution in [3.63, 3.8) is 0 Å². The summed E-state index contributed by atoms with van der Waals surface area (Å²) >= 11 is 0. The average molecular weight is 597 g/mol. The van der Waals surface area contributed by atoms with Crippen LogP contribution in [0, 0.1) is 35.0 Å². The van der Waals surface area contributed by atoms with E-state index >= 15 is 0 Å². The number of rotatable bonds is 6. The Morgan fingerprint density at radius 2 is 1.61 bits per heavy atom. The first-order valence-electron chi connectivity index (χ1n) is 16.1. The molecule has 0 aliphatic heterocycles. The second-order valence-corrected chi connectivity index (χ2v) is 26.1. The molecule has 0 bridgehead atoms. The van der Waals surface area contributed by atoms with Crippen LogP contribution < -0.4 is 0 Å². The number of carbonyl (C=O) groups excluding carboxylic acids is 1. The maximum atomic E-state index is 10.9. The van der Waals surface area contributed by atoms with Gasteiger partial charge in [-0.25, -0.2) is 0 Å². The van der Waals surface area contributed by atoms with Crippen molar-refractivity contribution >= 4 is 22.9 Å². The summed E-state index contributed by atoms with van der Waals surface area (Å²) in [5, 5.41) is 0.313. The number of fused-ring (bicyclic) bond motifs is 1. The summed E-state index contributed by atoms with van der Waals surface area (Å²) in [4.78, 5) is 10.9. The molecule has 230 valence electrons. The highest BCUT2D eigenvalue weighted by Gasteiger charge is 2.50. The molecule has 3 nitrogen and oxygen atoms in total. The van der Waals surface area contributed by atoms with Gasteiger partial charge >= 0.3 is 0 Å². The first-order chi connectivity index (χ1) is 18.7. The topological polar surface area (TPSA) is 35.5 Å². The fourth-order valence-electron chi connectivity index (χ4n) is 7.13. The Morgan fingerprint density at radius 3 is 2.20 bits per heavy atom. The van der Waals surface area contributed by atoms with E-state index in [2.05, 4.69) is 112 Å². The van der Waals surface area contributed by atoms with Gasteiger partial charge in [-0.2, -0.15) is 0 Å². The number of carbonyl (C=O) groups is 1. The second-order valence-electron chi connectivity index (χ2n) is 16.6. The molecule has 0 aromatic carbocycles. The van der Waals surface area contributed by atoms with Crippen LogP contribution in [0.2, 0.25) is 36.3 Å². The van der Waals surface area contributed by atoms with Crippen LogP contribution >= 0.6 is 0 Å². The summed E-state index contributed by atoms with van der Waals surface area (Å²) in [6.45, 7) is 32.7. The molecule has 3 aliphatic rings. The number of hydrogen-bond acceptors (Lipinski definition) is 3. The van der Waals surface area contributed by atoms with Gasteiger partial charge in [0.15, 0.2) is 22.9 Å². The third-order valence-corrected chi connectivity index (χ3v) is 20.8. The number of allylic oxidation sites excluding steroid dienone is 3. The van der Waals surface area contributed by atoms with Crippen molar-refractivity contribution in [3.05, 3.63) is 35.5 Å². The van der Waals surface area contributed by atoms with Crippen LogP contribution in [0.25, 0.3) is 0 Å². The zero-order valence-corrected chi connectivity index (χ0v) is 30.5. The molecule has 0 radical (unpaired) electrons. The first-order valence-corrected chi connectivity index (χ1v) is 21.9. The second kappa shape index (κ2) is 12.4. The maximum absolute atomic E-state index is 10.9. The van der Waals surface area contributed by atoms with E-state index < -0.39 is 16.6 Å². The molecule has 3 saturated carbocycles. The molecule has 6 atom stereocenters. The van der Waals surface area contributed by atoms with Crippen molar-refractivity contribution in [2.24, 2.45) is 23.2 Å². The Kier molecular flexibility index (Phi) is 10.4. The summed E-state index contributed by atoms with van der Waals surface area (Å²) in [7, 11) is -3.91. The minimum Gasteiger partial charge on any atom is -0.413 e. The minimum atomic E-state index is -1.98. The molecular formula is C36H60O3Si2. The Hall–Kier alpha value is -1.20. The Bertz CT molecular complexity index is 1100. The van der Waals surface area contributed by atoms with Gasteiger partial charge in [0.05, 0.1) is 12.2 Å². The lowest BCUT2D eigenvalue weighted by Gasteiger charge is -2.45. The Labute approximate surface area is 255 Å². The molecule has 0 amide bonds. The molecule has 3 fully saturated rings. The predicted octanol–water partition coefficient (Wildman–Crippen LogP) is 10.0. The summed E-state index contributed by atoms with van der Waals surface area (Å²) < 4.78 is 14.1. The molecule has 0 heterocycles. The normalized spacial score (nSPS) is 32.4. The van der Waals surface area contributed by atoms with Crippen LogP contribution in [0.3, 0.4) is 0 Å². The van der Waals surface area contributed by atoms with Crippen LogP contribution in [-0.2, 0) is 13.6 Å². The van der Waals surface area contributed by atoms with Crippen LogP contribution in [0.4, 0.5) is 0 Å². The first kappa shape index (κ1) is 34.3. The smallest absolute Gasteiger partial charge is 0.192 e. The van der Waals surface area contributed by atoms with Gasteiger partial charge in [-0.15, -0.1) is 0 Å². The van der Waals surface area contributed by atoms with Crippen molar-refractivity contribution in [2.75, 3.05) is 0 Å². The zero-order chi connectivity index (χ0) is 31.0. The highest BCUT2D eigenvalue weighted by molar-refractivity contribution is 6.74. The van der Waals surface area contributed by atoms with Crippen LogP contribution in [-0.4, -0.2) is 35.1 Å². The van der Waals surface area contributed by atoms with Crippen molar-refractivity contribution in [1.82, 2.24) is 0 Å². The SMILES string of the molecule is C=C1C(=CC=C2CCC[C@]3(C)[C@@H]([C@H](C)C#CC=O)CC[C@@H]23)C[C@@H](O[Si](C)(C)C(C)(C)C)C[C@@H]1O[Si](C)(C)C(C)(C)C. The van der Waals surface area contributed by atoms with Gasteiger partial charge in [0.25, 0.3) is 0 Å². The third kappa shape index (κ3) is 7.48. The van der Waals surface area contributed by atoms with E-state index in [0.29, 0.717) is 11.8 Å². The molecule has 3 aliphatic carbocycles. The van der Waals surface area contributed by atoms with Gasteiger partial charge in [-0.05, 0) is 109 Å². The Balaban J connectivity index is 1.93. The summed E-state index contributed by atoms with van der Waals surface area (Å²) in [6.07, 6.45) is 13.6. The largest absolute Gasteiger partial charge is 0.413 e. The molecule has 0 N–H and O–H groups in total. The van der Waals surface area contributed by atoms with Crippen LogP contribution in [0.5, 0.6) is 0 Å². The Morgan fingerprint density at radius 1 is 1.00 bits per heavy atom. The highest BCUT2D eigenvalue weighted by atomic mass is 28.4. The highest BCUT2D eigenvalue weighted by Crippen LogP contribution is 2.59. The minimum absolute atomic E-state index is 0.00814. The van der Waals surface area contributed by atoms with E-state index in [9.17, 15) is 4.79 Å². The van der Waals surface area contributed by atoms with Crippen molar-refractivity contribution in [1.29, 1.82) is 0 Å². The van der Waals surface area contributed by atoms with E-state index in [1.807, 2.05) is 0 Å². The molecule has 3 rings (SSSR count). The quantitative estimate of drug-likeness (QED) is 0.174. The molecule has 0 unspecified atom stereocenters. The van der Waals surface area contributed by atoms with E-state index in [1.54, 1.807) is 5.57 Å². The lowest BCUT2D eigenvalue weighted by atomic mass is 9.61. The van der Waals surface area contributed by atoms with E-state index in [-0.39, 0.29) is 33.6 Å². The monoisotopic (exact) mass is 596 g/mol. The third-order valence-electron chi connectivity index (χ3n) is 11.7. The maximum Gasteiger partial charge on any atom is 0.192 e. The van der Waals surface area contributed by atoms with Gasteiger partial charge < -0.3 is 8.85 Å². The number of hydrogen-bond donors (Lipinski definition) is 0. The number of aldehydes is 1. The van der Waals surface area contributed by atoms with Crippen molar-refractivity contribution < 1.29 is 13.6 Å². The summed E-state index contributed by atoms with van der Waals surface area (Å²) in [6, 6.07) is 0.